The van der Waals surface area contributed by atoms with E-state index >= 15 is 0 Å². The summed E-state index contributed by atoms with van der Waals surface area (Å²) >= 11 is 5.97. The largest absolute Gasteiger partial charge is 0.327 e. The highest BCUT2D eigenvalue weighted by molar-refractivity contribution is 6.31. The molecule has 2 nitrogen and oxygen atoms in total. The molecule has 94 valence electrons. The predicted molar refractivity (Wildman–Crippen MR) is 71.0 cm³/mol. The van der Waals surface area contributed by atoms with Gasteiger partial charge in [0.25, 0.3) is 0 Å². The molecule has 2 aromatic rings. The first-order valence-electron chi connectivity index (χ1n) is 5.73. The van der Waals surface area contributed by atoms with Gasteiger partial charge in [0, 0.05) is 23.5 Å². The van der Waals surface area contributed by atoms with Crippen LogP contribution in [-0.4, -0.2) is 11.0 Å². The summed E-state index contributed by atoms with van der Waals surface area (Å²) in [4.78, 5) is 4.04. The minimum absolute atomic E-state index is 0.0582. The Balaban J connectivity index is 2.01. The van der Waals surface area contributed by atoms with Crippen molar-refractivity contribution >= 4 is 11.6 Å². The smallest absolute Gasteiger partial charge is 0.124 e. The lowest BCUT2D eigenvalue weighted by molar-refractivity contribution is 0.623. The van der Waals surface area contributed by atoms with Gasteiger partial charge >= 0.3 is 0 Å². The van der Waals surface area contributed by atoms with Crippen LogP contribution in [0.4, 0.5) is 4.39 Å². The van der Waals surface area contributed by atoms with E-state index in [2.05, 4.69) is 4.98 Å². The Labute approximate surface area is 111 Å². The second-order valence-electron chi connectivity index (χ2n) is 4.27. The number of rotatable bonds is 4. The van der Waals surface area contributed by atoms with Crippen molar-refractivity contribution in [2.24, 2.45) is 5.73 Å². The highest BCUT2D eigenvalue weighted by Crippen LogP contribution is 2.19. The number of hydrogen-bond donors (Lipinski definition) is 1. The molecule has 0 aliphatic heterocycles. The van der Waals surface area contributed by atoms with Crippen LogP contribution in [0.3, 0.4) is 0 Å². The standard InChI is InChI=1S/C14H14ClFN2/c15-14-8-12(16)4-3-11(14)7-13(17)6-10-2-1-5-18-9-10/h1-5,8-9,13H,6-7,17H2. The summed E-state index contributed by atoms with van der Waals surface area (Å²) in [5, 5.41) is 0.427. The van der Waals surface area contributed by atoms with Crippen LogP contribution in [0.15, 0.2) is 42.7 Å². The minimum Gasteiger partial charge on any atom is -0.327 e. The van der Waals surface area contributed by atoms with Crippen LogP contribution < -0.4 is 5.73 Å². The van der Waals surface area contributed by atoms with Gasteiger partial charge in [-0.05, 0) is 42.2 Å². The zero-order chi connectivity index (χ0) is 13.0. The maximum atomic E-state index is 12.9. The van der Waals surface area contributed by atoms with E-state index in [4.69, 9.17) is 17.3 Å². The van der Waals surface area contributed by atoms with Gasteiger partial charge in [0.05, 0.1) is 0 Å². The number of hydrogen-bond acceptors (Lipinski definition) is 2. The van der Waals surface area contributed by atoms with Crippen molar-refractivity contribution in [3.05, 3.63) is 64.7 Å². The molecule has 1 aromatic heterocycles. The Kier molecular flexibility index (Phi) is 4.28. The second kappa shape index (κ2) is 5.94. The third-order valence-electron chi connectivity index (χ3n) is 2.72. The van der Waals surface area contributed by atoms with Crippen LogP contribution in [-0.2, 0) is 12.8 Å². The Hall–Kier alpha value is -1.45. The second-order valence-corrected chi connectivity index (χ2v) is 4.67. The summed E-state index contributed by atoms with van der Waals surface area (Å²) in [5.74, 6) is -0.329. The van der Waals surface area contributed by atoms with Crippen molar-refractivity contribution in [3.8, 4) is 0 Å². The maximum Gasteiger partial charge on any atom is 0.124 e. The van der Waals surface area contributed by atoms with Crippen molar-refractivity contribution in [2.45, 2.75) is 18.9 Å². The quantitative estimate of drug-likeness (QED) is 0.922. The van der Waals surface area contributed by atoms with E-state index in [-0.39, 0.29) is 11.9 Å². The third kappa shape index (κ3) is 3.52. The highest BCUT2D eigenvalue weighted by Gasteiger charge is 2.09. The average Bonchev–Trinajstić information content (AvgIpc) is 2.34. The molecular weight excluding hydrogens is 251 g/mol. The molecule has 2 rings (SSSR count). The molecule has 1 unspecified atom stereocenters. The number of pyridine rings is 1. The molecular formula is C14H14ClFN2. The molecule has 0 spiro atoms. The summed E-state index contributed by atoms with van der Waals surface area (Å²) in [6, 6.07) is 8.20. The first kappa shape index (κ1) is 13.0. The lowest BCUT2D eigenvalue weighted by atomic mass is 10.0. The molecule has 0 fully saturated rings. The molecule has 0 amide bonds. The summed E-state index contributed by atoms with van der Waals surface area (Å²) < 4.78 is 12.9. The van der Waals surface area contributed by atoms with Crippen LogP contribution in [0.5, 0.6) is 0 Å². The lowest BCUT2D eigenvalue weighted by Crippen LogP contribution is -2.25. The Morgan fingerprint density at radius 3 is 2.78 bits per heavy atom. The van der Waals surface area contributed by atoms with Gasteiger partial charge in [-0.15, -0.1) is 0 Å². The topological polar surface area (TPSA) is 38.9 Å². The number of benzene rings is 1. The number of nitrogens with zero attached hydrogens (tertiary/aromatic N) is 1. The molecule has 0 saturated heterocycles. The lowest BCUT2D eigenvalue weighted by Gasteiger charge is -2.12. The van der Waals surface area contributed by atoms with E-state index in [1.54, 1.807) is 18.5 Å². The van der Waals surface area contributed by atoms with Crippen molar-refractivity contribution < 1.29 is 4.39 Å². The zero-order valence-electron chi connectivity index (χ0n) is 9.81. The van der Waals surface area contributed by atoms with Gasteiger partial charge in [-0.3, -0.25) is 4.98 Å². The Morgan fingerprint density at radius 2 is 2.11 bits per heavy atom. The molecule has 4 heteroatoms. The van der Waals surface area contributed by atoms with Gasteiger partial charge in [0.2, 0.25) is 0 Å². The molecule has 0 aliphatic rings. The fraction of sp³-hybridized carbons (Fsp3) is 0.214. The molecule has 0 aliphatic carbocycles. The fourth-order valence-corrected chi connectivity index (χ4v) is 2.11. The highest BCUT2D eigenvalue weighted by atomic mass is 35.5. The van der Waals surface area contributed by atoms with Gasteiger partial charge in [0.1, 0.15) is 5.82 Å². The normalized spacial score (nSPS) is 12.4. The van der Waals surface area contributed by atoms with Crippen LogP contribution in [0.25, 0.3) is 0 Å². The first-order chi connectivity index (χ1) is 8.65. The molecule has 0 radical (unpaired) electrons. The van der Waals surface area contributed by atoms with E-state index < -0.39 is 0 Å². The molecule has 1 aromatic carbocycles. The van der Waals surface area contributed by atoms with Crippen LogP contribution in [0, 0.1) is 5.82 Å². The van der Waals surface area contributed by atoms with Gasteiger partial charge in [-0.2, -0.15) is 0 Å². The van der Waals surface area contributed by atoms with E-state index in [0.29, 0.717) is 11.4 Å². The van der Waals surface area contributed by atoms with Crippen molar-refractivity contribution in [1.82, 2.24) is 4.98 Å². The summed E-state index contributed by atoms with van der Waals surface area (Å²) in [6.07, 6.45) is 4.87. The number of aromatic nitrogens is 1. The monoisotopic (exact) mass is 264 g/mol. The zero-order valence-corrected chi connectivity index (χ0v) is 10.6. The number of nitrogens with two attached hydrogens (primary N) is 1. The minimum atomic E-state index is -0.329. The van der Waals surface area contributed by atoms with Crippen LogP contribution >= 0.6 is 11.6 Å². The molecule has 18 heavy (non-hydrogen) atoms. The summed E-state index contributed by atoms with van der Waals surface area (Å²) in [7, 11) is 0. The van der Waals surface area contributed by atoms with E-state index in [1.165, 1.54) is 12.1 Å². The molecule has 0 saturated carbocycles. The molecule has 1 atom stereocenters. The fourth-order valence-electron chi connectivity index (χ4n) is 1.86. The van der Waals surface area contributed by atoms with Gasteiger partial charge in [-0.1, -0.05) is 23.7 Å². The average molecular weight is 265 g/mol. The molecule has 1 heterocycles. The van der Waals surface area contributed by atoms with E-state index in [1.807, 2.05) is 12.1 Å². The Bertz CT molecular complexity index is 516. The van der Waals surface area contributed by atoms with Crippen molar-refractivity contribution in [2.75, 3.05) is 0 Å². The first-order valence-corrected chi connectivity index (χ1v) is 6.11. The summed E-state index contributed by atoms with van der Waals surface area (Å²) in [5.41, 5.74) is 8.02. The predicted octanol–water partition coefficient (Wildman–Crippen LogP) is 2.99. The van der Waals surface area contributed by atoms with Gasteiger partial charge in [0.15, 0.2) is 0 Å². The van der Waals surface area contributed by atoms with E-state index in [0.717, 1.165) is 17.5 Å². The Morgan fingerprint density at radius 1 is 1.28 bits per heavy atom. The SMILES string of the molecule is NC(Cc1cccnc1)Cc1ccc(F)cc1Cl. The van der Waals surface area contributed by atoms with E-state index in [9.17, 15) is 4.39 Å². The van der Waals surface area contributed by atoms with Crippen molar-refractivity contribution in [3.63, 3.8) is 0 Å². The molecule has 2 N–H and O–H groups in total. The van der Waals surface area contributed by atoms with Crippen LogP contribution in [0.2, 0.25) is 5.02 Å². The van der Waals surface area contributed by atoms with Gasteiger partial charge < -0.3 is 5.73 Å². The molecule has 0 bridgehead atoms. The number of halogens is 2. The summed E-state index contributed by atoms with van der Waals surface area (Å²) in [6.45, 7) is 0. The maximum absolute atomic E-state index is 12.9. The third-order valence-corrected chi connectivity index (χ3v) is 3.07. The van der Waals surface area contributed by atoms with Crippen LogP contribution in [0.1, 0.15) is 11.1 Å². The van der Waals surface area contributed by atoms with Gasteiger partial charge in [-0.25, -0.2) is 4.39 Å². The van der Waals surface area contributed by atoms with Crippen molar-refractivity contribution in [1.29, 1.82) is 0 Å².